The van der Waals surface area contributed by atoms with Gasteiger partial charge in [-0.1, -0.05) is 43.9 Å². The molecule has 1 saturated heterocycles. The SMILES string of the molecule is C/C=C/c1ccc(OCCCCCCCCOCC2(C)CO2)c(OC)c1. The zero-order valence-electron chi connectivity index (χ0n) is 16.6. The van der Waals surface area contributed by atoms with E-state index in [4.69, 9.17) is 18.9 Å². The maximum absolute atomic E-state index is 5.88. The van der Waals surface area contributed by atoms with Crippen molar-refractivity contribution in [1.29, 1.82) is 0 Å². The lowest BCUT2D eigenvalue weighted by molar-refractivity contribution is 0.0825. The van der Waals surface area contributed by atoms with Crippen molar-refractivity contribution in [2.75, 3.05) is 33.5 Å². The van der Waals surface area contributed by atoms with E-state index < -0.39 is 0 Å². The highest BCUT2D eigenvalue weighted by Gasteiger charge is 2.39. The molecule has 0 aromatic heterocycles. The lowest BCUT2D eigenvalue weighted by Crippen LogP contribution is -2.14. The van der Waals surface area contributed by atoms with Gasteiger partial charge in [0.1, 0.15) is 5.60 Å². The molecule has 1 aliphatic rings. The molecule has 0 bridgehead atoms. The van der Waals surface area contributed by atoms with Crippen LogP contribution in [0, 0.1) is 0 Å². The molecule has 1 aromatic rings. The number of unbranched alkanes of at least 4 members (excludes halogenated alkanes) is 5. The highest BCUT2D eigenvalue weighted by molar-refractivity contribution is 5.55. The number of hydrogen-bond donors (Lipinski definition) is 0. The van der Waals surface area contributed by atoms with Gasteiger partial charge in [-0.15, -0.1) is 0 Å². The molecule has 1 unspecified atom stereocenters. The molecule has 4 nitrogen and oxygen atoms in total. The van der Waals surface area contributed by atoms with E-state index in [2.05, 4.69) is 19.1 Å². The number of rotatable bonds is 14. The summed E-state index contributed by atoms with van der Waals surface area (Å²) in [4.78, 5) is 0. The van der Waals surface area contributed by atoms with Crippen LogP contribution in [0.2, 0.25) is 0 Å². The van der Waals surface area contributed by atoms with Crippen LogP contribution in [0.1, 0.15) is 57.9 Å². The summed E-state index contributed by atoms with van der Waals surface area (Å²) in [6, 6.07) is 6.05. The number of benzene rings is 1. The number of hydrogen-bond acceptors (Lipinski definition) is 4. The lowest BCUT2D eigenvalue weighted by atomic mass is 10.1. The first-order valence-electron chi connectivity index (χ1n) is 9.82. The average molecular weight is 363 g/mol. The highest BCUT2D eigenvalue weighted by atomic mass is 16.6. The topological polar surface area (TPSA) is 40.2 Å². The number of epoxide rings is 1. The van der Waals surface area contributed by atoms with Gasteiger partial charge in [0.05, 0.1) is 26.9 Å². The molecule has 4 heteroatoms. The number of methoxy groups -OCH3 is 1. The van der Waals surface area contributed by atoms with Crippen LogP contribution in [0.25, 0.3) is 6.08 Å². The van der Waals surface area contributed by atoms with Crippen LogP contribution in [-0.4, -0.2) is 39.1 Å². The summed E-state index contributed by atoms with van der Waals surface area (Å²) in [7, 11) is 1.68. The molecule has 1 fully saturated rings. The Morgan fingerprint density at radius 1 is 1.04 bits per heavy atom. The quantitative estimate of drug-likeness (QED) is 0.335. The molecule has 0 saturated carbocycles. The minimum absolute atomic E-state index is 0.0235. The maximum atomic E-state index is 5.88. The van der Waals surface area contributed by atoms with E-state index in [-0.39, 0.29) is 5.60 Å². The van der Waals surface area contributed by atoms with E-state index in [0.717, 1.165) is 56.3 Å². The van der Waals surface area contributed by atoms with Crippen LogP contribution >= 0.6 is 0 Å². The molecule has 0 amide bonds. The zero-order valence-corrected chi connectivity index (χ0v) is 16.6. The fourth-order valence-corrected chi connectivity index (χ4v) is 2.79. The Morgan fingerprint density at radius 3 is 2.38 bits per heavy atom. The fraction of sp³-hybridized carbons (Fsp3) is 0.636. The summed E-state index contributed by atoms with van der Waals surface area (Å²) >= 11 is 0. The average Bonchev–Trinajstić information content (AvgIpc) is 3.38. The van der Waals surface area contributed by atoms with Crippen molar-refractivity contribution in [3.8, 4) is 11.5 Å². The monoisotopic (exact) mass is 362 g/mol. The maximum Gasteiger partial charge on any atom is 0.161 e. The van der Waals surface area contributed by atoms with Crippen LogP contribution in [-0.2, 0) is 9.47 Å². The predicted octanol–water partition coefficient (Wildman–Crippen LogP) is 5.25. The van der Waals surface area contributed by atoms with E-state index in [1.807, 2.05) is 25.1 Å². The van der Waals surface area contributed by atoms with E-state index in [0.29, 0.717) is 0 Å². The standard InChI is InChI=1S/C22H34O4/c1-4-11-19-12-13-20(21(16-19)23-3)25-15-10-8-6-5-7-9-14-24-17-22(2)18-26-22/h4,11-13,16H,5-10,14-15,17-18H2,1-3H3/b11-4+. The van der Waals surface area contributed by atoms with Gasteiger partial charge in [-0.2, -0.15) is 0 Å². The van der Waals surface area contributed by atoms with E-state index in [9.17, 15) is 0 Å². The van der Waals surface area contributed by atoms with Crippen LogP contribution in [0.5, 0.6) is 11.5 Å². The van der Waals surface area contributed by atoms with Crippen molar-refractivity contribution in [3.63, 3.8) is 0 Å². The molecule has 0 spiro atoms. The summed E-state index contributed by atoms with van der Waals surface area (Å²) < 4.78 is 22.2. The first-order valence-corrected chi connectivity index (χ1v) is 9.82. The first kappa shape index (κ1) is 20.8. The summed E-state index contributed by atoms with van der Waals surface area (Å²) in [6.45, 7) is 7.28. The van der Waals surface area contributed by atoms with Gasteiger partial charge < -0.3 is 18.9 Å². The van der Waals surface area contributed by atoms with Gasteiger partial charge >= 0.3 is 0 Å². The second kappa shape index (κ2) is 11.2. The van der Waals surface area contributed by atoms with Crippen molar-refractivity contribution in [3.05, 3.63) is 29.8 Å². The number of ether oxygens (including phenoxy) is 4. The Balaban J connectivity index is 1.47. The third-order valence-electron chi connectivity index (χ3n) is 4.53. The highest BCUT2D eigenvalue weighted by Crippen LogP contribution is 2.29. The second-order valence-electron chi connectivity index (χ2n) is 7.17. The Kier molecular flexibility index (Phi) is 8.99. The van der Waals surface area contributed by atoms with Gasteiger partial charge in [-0.05, 0) is 44.4 Å². The molecule has 146 valence electrons. The lowest BCUT2D eigenvalue weighted by Gasteiger charge is -2.11. The minimum atomic E-state index is 0.0235. The van der Waals surface area contributed by atoms with Gasteiger partial charge in [-0.3, -0.25) is 0 Å². The molecule has 1 heterocycles. The van der Waals surface area contributed by atoms with Crippen LogP contribution in [0.3, 0.4) is 0 Å². The Bertz CT molecular complexity index is 549. The van der Waals surface area contributed by atoms with Gasteiger partial charge in [0.25, 0.3) is 0 Å². The van der Waals surface area contributed by atoms with Gasteiger partial charge in [0.15, 0.2) is 11.5 Å². The third kappa shape index (κ3) is 7.79. The predicted molar refractivity (Wildman–Crippen MR) is 106 cm³/mol. The van der Waals surface area contributed by atoms with Crippen LogP contribution < -0.4 is 9.47 Å². The minimum Gasteiger partial charge on any atom is -0.493 e. The molecular weight excluding hydrogens is 328 g/mol. The summed E-state index contributed by atoms with van der Waals surface area (Å²) in [6.07, 6.45) is 11.2. The summed E-state index contributed by atoms with van der Waals surface area (Å²) in [5.74, 6) is 1.62. The van der Waals surface area contributed by atoms with Gasteiger partial charge in [0.2, 0.25) is 0 Å². The molecule has 1 atom stereocenters. The first-order chi connectivity index (χ1) is 12.7. The molecule has 26 heavy (non-hydrogen) atoms. The largest absolute Gasteiger partial charge is 0.493 e. The second-order valence-corrected chi connectivity index (χ2v) is 7.17. The molecule has 1 aliphatic heterocycles. The molecule has 1 aromatic carbocycles. The molecule has 0 N–H and O–H groups in total. The summed E-state index contributed by atoms with van der Waals surface area (Å²) in [5, 5.41) is 0. The number of allylic oxidation sites excluding steroid dienone is 1. The van der Waals surface area contributed by atoms with E-state index >= 15 is 0 Å². The zero-order chi connectivity index (χ0) is 18.7. The van der Waals surface area contributed by atoms with Gasteiger partial charge in [0, 0.05) is 6.61 Å². The van der Waals surface area contributed by atoms with Gasteiger partial charge in [-0.25, -0.2) is 0 Å². The van der Waals surface area contributed by atoms with Crippen molar-refractivity contribution < 1.29 is 18.9 Å². The molecule has 2 rings (SSSR count). The van der Waals surface area contributed by atoms with E-state index in [1.165, 1.54) is 25.7 Å². The van der Waals surface area contributed by atoms with Crippen molar-refractivity contribution >= 4 is 6.08 Å². The fourth-order valence-electron chi connectivity index (χ4n) is 2.79. The smallest absolute Gasteiger partial charge is 0.161 e. The Hall–Kier alpha value is -1.52. The molecular formula is C22H34O4. The normalized spacial score (nSPS) is 19.0. The van der Waals surface area contributed by atoms with Crippen molar-refractivity contribution in [1.82, 2.24) is 0 Å². The third-order valence-corrected chi connectivity index (χ3v) is 4.53. The van der Waals surface area contributed by atoms with Crippen molar-refractivity contribution in [2.45, 2.75) is 58.0 Å². The van der Waals surface area contributed by atoms with E-state index in [1.54, 1.807) is 7.11 Å². The van der Waals surface area contributed by atoms with Crippen molar-refractivity contribution in [2.24, 2.45) is 0 Å². The Morgan fingerprint density at radius 2 is 1.73 bits per heavy atom. The summed E-state index contributed by atoms with van der Waals surface area (Å²) in [5.41, 5.74) is 1.15. The Labute approximate surface area is 158 Å². The van der Waals surface area contributed by atoms with Crippen LogP contribution in [0.15, 0.2) is 24.3 Å². The van der Waals surface area contributed by atoms with Crippen LogP contribution in [0.4, 0.5) is 0 Å². The molecule has 0 radical (unpaired) electrons. The molecule has 0 aliphatic carbocycles.